The average molecular weight is 302 g/mol. The summed E-state index contributed by atoms with van der Waals surface area (Å²) >= 11 is 7.91. The van der Waals surface area contributed by atoms with Gasteiger partial charge in [-0.05, 0) is 49.1 Å². The fraction of sp³-hybridized carbons (Fsp3) is 0.176. The minimum Gasteiger partial charge on any atom is -0.377 e. The lowest BCUT2D eigenvalue weighted by Crippen LogP contribution is -2.05. The zero-order chi connectivity index (χ0) is 14.1. The predicted octanol–water partition coefficient (Wildman–Crippen LogP) is 6.04. The number of rotatable bonds is 3. The van der Waals surface area contributed by atoms with E-state index in [-0.39, 0.29) is 6.04 Å². The number of halogens is 1. The Morgan fingerprint density at radius 1 is 1.10 bits per heavy atom. The number of anilines is 1. The van der Waals surface area contributed by atoms with Crippen molar-refractivity contribution in [3.05, 3.63) is 64.0 Å². The van der Waals surface area contributed by atoms with Gasteiger partial charge in [0.1, 0.15) is 0 Å². The van der Waals surface area contributed by atoms with Crippen LogP contribution < -0.4 is 5.32 Å². The summed E-state index contributed by atoms with van der Waals surface area (Å²) in [5, 5.41) is 5.63. The van der Waals surface area contributed by atoms with Crippen LogP contribution in [0, 0.1) is 6.92 Å². The maximum Gasteiger partial charge on any atom is 0.0579 e. The number of fused-ring (bicyclic) bond motifs is 1. The Morgan fingerprint density at radius 2 is 1.90 bits per heavy atom. The molecule has 1 aromatic heterocycles. The highest BCUT2D eigenvalue weighted by Gasteiger charge is 2.10. The average Bonchev–Trinajstić information content (AvgIpc) is 2.87. The van der Waals surface area contributed by atoms with Gasteiger partial charge in [0.15, 0.2) is 0 Å². The molecule has 1 heterocycles. The van der Waals surface area contributed by atoms with Crippen molar-refractivity contribution in [1.29, 1.82) is 0 Å². The first kappa shape index (κ1) is 13.5. The van der Waals surface area contributed by atoms with E-state index in [2.05, 4.69) is 49.5 Å². The number of benzene rings is 2. The summed E-state index contributed by atoms with van der Waals surface area (Å²) in [6.07, 6.45) is 0. The molecular weight excluding hydrogens is 286 g/mol. The van der Waals surface area contributed by atoms with Gasteiger partial charge in [-0.1, -0.05) is 35.9 Å². The Morgan fingerprint density at radius 3 is 2.70 bits per heavy atom. The van der Waals surface area contributed by atoms with Crippen LogP contribution in [-0.2, 0) is 0 Å². The molecule has 1 nitrogen and oxygen atoms in total. The summed E-state index contributed by atoms with van der Waals surface area (Å²) in [5.74, 6) is 0. The topological polar surface area (TPSA) is 12.0 Å². The third kappa shape index (κ3) is 2.67. The predicted molar refractivity (Wildman–Crippen MR) is 90.1 cm³/mol. The summed E-state index contributed by atoms with van der Waals surface area (Å²) in [6.45, 7) is 4.28. The van der Waals surface area contributed by atoms with Crippen molar-refractivity contribution in [3.8, 4) is 0 Å². The molecule has 1 N–H and O–H groups in total. The minimum absolute atomic E-state index is 0.268. The van der Waals surface area contributed by atoms with Crippen molar-refractivity contribution in [2.45, 2.75) is 19.9 Å². The number of nitrogens with one attached hydrogen (secondary N) is 1. The van der Waals surface area contributed by atoms with E-state index in [1.165, 1.54) is 20.5 Å². The third-order valence-electron chi connectivity index (χ3n) is 3.44. The first-order valence-corrected chi connectivity index (χ1v) is 7.84. The van der Waals surface area contributed by atoms with Gasteiger partial charge in [0.25, 0.3) is 0 Å². The molecule has 0 saturated heterocycles. The lowest BCUT2D eigenvalue weighted by Gasteiger charge is -2.16. The van der Waals surface area contributed by atoms with Gasteiger partial charge >= 0.3 is 0 Å². The second-order valence-corrected chi connectivity index (χ2v) is 6.56. The van der Waals surface area contributed by atoms with Gasteiger partial charge in [0.05, 0.1) is 6.04 Å². The molecule has 0 radical (unpaired) electrons. The van der Waals surface area contributed by atoms with Crippen LogP contribution in [0.1, 0.15) is 23.4 Å². The van der Waals surface area contributed by atoms with Crippen LogP contribution in [-0.4, -0.2) is 0 Å². The number of hydrogen-bond acceptors (Lipinski definition) is 2. The van der Waals surface area contributed by atoms with Crippen LogP contribution in [0.2, 0.25) is 5.02 Å². The second-order valence-electron chi connectivity index (χ2n) is 5.01. The molecule has 0 saturated carbocycles. The summed E-state index contributed by atoms with van der Waals surface area (Å²) in [5.41, 5.74) is 2.31. The molecule has 1 unspecified atom stereocenters. The van der Waals surface area contributed by atoms with E-state index in [1.807, 2.05) is 29.5 Å². The van der Waals surface area contributed by atoms with Gasteiger partial charge < -0.3 is 5.32 Å². The lowest BCUT2D eigenvalue weighted by molar-refractivity contribution is 0.906. The highest BCUT2D eigenvalue weighted by molar-refractivity contribution is 7.19. The molecular formula is C17H16ClNS. The summed E-state index contributed by atoms with van der Waals surface area (Å²) in [4.78, 5) is 1.34. The Bertz CT molecular complexity index is 715. The Balaban J connectivity index is 1.88. The Hall–Kier alpha value is -1.51. The number of hydrogen-bond donors (Lipinski definition) is 1. The van der Waals surface area contributed by atoms with Crippen LogP contribution in [0.15, 0.2) is 48.5 Å². The molecule has 102 valence electrons. The molecule has 3 rings (SSSR count). The Kier molecular flexibility index (Phi) is 3.68. The van der Waals surface area contributed by atoms with Gasteiger partial charge in [-0.25, -0.2) is 0 Å². The largest absolute Gasteiger partial charge is 0.377 e. The highest BCUT2D eigenvalue weighted by Crippen LogP contribution is 2.32. The number of thiophene rings is 1. The van der Waals surface area contributed by atoms with Crippen molar-refractivity contribution in [1.82, 2.24) is 0 Å². The molecule has 3 heteroatoms. The van der Waals surface area contributed by atoms with Gasteiger partial charge in [-0.3, -0.25) is 0 Å². The zero-order valence-corrected chi connectivity index (χ0v) is 13.1. The lowest BCUT2D eigenvalue weighted by atomic mass is 10.1. The molecule has 1 atom stereocenters. The highest BCUT2D eigenvalue weighted by atomic mass is 35.5. The van der Waals surface area contributed by atoms with Crippen LogP contribution >= 0.6 is 22.9 Å². The van der Waals surface area contributed by atoms with E-state index in [0.717, 1.165) is 10.7 Å². The number of aryl methyl sites for hydroxylation is 1. The van der Waals surface area contributed by atoms with Crippen LogP contribution in [0.25, 0.3) is 10.1 Å². The van der Waals surface area contributed by atoms with Crippen LogP contribution in [0.5, 0.6) is 0 Å². The van der Waals surface area contributed by atoms with Crippen LogP contribution in [0.3, 0.4) is 0 Å². The van der Waals surface area contributed by atoms with E-state index in [1.54, 1.807) is 0 Å². The molecule has 0 amide bonds. The van der Waals surface area contributed by atoms with Crippen molar-refractivity contribution in [2.24, 2.45) is 0 Å². The van der Waals surface area contributed by atoms with Crippen LogP contribution in [0.4, 0.5) is 5.69 Å². The van der Waals surface area contributed by atoms with E-state index in [0.29, 0.717) is 0 Å². The van der Waals surface area contributed by atoms with Crippen molar-refractivity contribution < 1.29 is 0 Å². The van der Waals surface area contributed by atoms with Gasteiger partial charge in [0.2, 0.25) is 0 Å². The van der Waals surface area contributed by atoms with E-state index < -0.39 is 0 Å². The van der Waals surface area contributed by atoms with Gasteiger partial charge in [0, 0.05) is 20.3 Å². The van der Waals surface area contributed by atoms with E-state index >= 15 is 0 Å². The first-order valence-electron chi connectivity index (χ1n) is 6.64. The van der Waals surface area contributed by atoms with E-state index in [4.69, 9.17) is 11.6 Å². The second kappa shape index (κ2) is 5.47. The summed E-state index contributed by atoms with van der Waals surface area (Å²) < 4.78 is 1.33. The third-order valence-corrected chi connectivity index (χ3v) is 4.98. The molecule has 20 heavy (non-hydrogen) atoms. The molecule has 0 aliphatic carbocycles. The minimum atomic E-state index is 0.268. The SMILES string of the molecule is Cc1ccc(Cl)cc1NC(C)c1cc2ccccc2s1. The first-order chi connectivity index (χ1) is 9.63. The quantitative estimate of drug-likeness (QED) is 0.622. The van der Waals surface area contributed by atoms with Crippen molar-refractivity contribution in [2.75, 3.05) is 5.32 Å². The fourth-order valence-electron chi connectivity index (χ4n) is 2.27. The monoisotopic (exact) mass is 301 g/mol. The standard InChI is InChI=1S/C17H16ClNS/c1-11-7-8-14(18)10-15(11)19-12(2)17-9-13-5-3-4-6-16(13)20-17/h3-10,12,19H,1-2H3. The Labute approximate surface area is 128 Å². The zero-order valence-electron chi connectivity index (χ0n) is 11.5. The summed E-state index contributed by atoms with van der Waals surface area (Å²) in [7, 11) is 0. The molecule has 0 bridgehead atoms. The fourth-order valence-corrected chi connectivity index (χ4v) is 3.51. The molecule has 0 aliphatic heterocycles. The summed E-state index contributed by atoms with van der Waals surface area (Å²) in [6, 6.07) is 17.0. The van der Waals surface area contributed by atoms with Crippen molar-refractivity contribution in [3.63, 3.8) is 0 Å². The molecule has 0 spiro atoms. The normalized spacial score (nSPS) is 12.6. The maximum absolute atomic E-state index is 6.07. The van der Waals surface area contributed by atoms with Crippen molar-refractivity contribution >= 4 is 38.7 Å². The molecule has 3 aromatic rings. The molecule has 0 fully saturated rings. The molecule has 0 aliphatic rings. The smallest absolute Gasteiger partial charge is 0.0579 e. The maximum atomic E-state index is 6.07. The van der Waals surface area contributed by atoms with E-state index in [9.17, 15) is 0 Å². The van der Waals surface area contributed by atoms with Gasteiger partial charge in [-0.15, -0.1) is 11.3 Å². The molecule has 2 aromatic carbocycles. The van der Waals surface area contributed by atoms with Gasteiger partial charge in [-0.2, -0.15) is 0 Å².